The fourth-order valence-corrected chi connectivity index (χ4v) is 3.38. The number of nitrogens with one attached hydrogen (secondary N) is 1. The van der Waals surface area contributed by atoms with Crippen molar-refractivity contribution in [2.75, 3.05) is 0 Å². The summed E-state index contributed by atoms with van der Waals surface area (Å²) in [6.45, 7) is 6.27. The summed E-state index contributed by atoms with van der Waals surface area (Å²) in [7, 11) is 0. The Morgan fingerprint density at radius 3 is 2.42 bits per heavy atom. The molecular weight excluding hydrogens is 258 g/mol. The highest BCUT2D eigenvalue weighted by Crippen LogP contribution is 2.32. The Hall–Kier alpha value is -0.240. The second-order valence-corrected chi connectivity index (χ2v) is 7.03. The van der Waals surface area contributed by atoms with Crippen LogP contribution in [-0.4, -0.2) is 17.3 Å². The van der Waals surface area contributed by atoms with Gasteiger partial charge in [0.25, 0.3) is 0 Å². The summed E-state index contributed by atoms with van der Waals surface area (Å²) in [4.78, 5) is 12.2. The predicted octanol–water partition coefficient (Wildman–Crippen LogP) is 4.51. The summed E-state index contributed by atoms with van der Waals surface area (Å²) in [5.41, 5.74) is 0. The van der Waals surface area contributed by atoms with Crippen LogP contribution in [0.1, 0.15) is 72.1 Å². The normalized spacial score (nSPS) is 26.7. The number of unbranched alkanes of at least 4 members (excludes halogenated alkanes) is 1. The minimum atomic E-state index is 0.125. The van der Waals surface area contributed by atoms with Crippen LogP contribution in [0.15, 0.2) is 0 Å². The minimum Gasteiger partial charge on any atom is -0.353 e. The largest absolute Gasteiger partial charge is 0.353 e. The molecule has 0 aliphatic heterocycles. The summed E-state index contributed by atoms with van der Waals surface area (Å²) in [5, 5.41) is 3.24. The summed E-state index contributed by atoms with van der Waals surface area (Å²) >= 11 is 5.96. The number of rotatable bonds is 7. The molecule has 3 heteroatoms. The van der Waals surface area contributed by atoms with Crippen molar-refractivity contribution in [1.82, 2.24) is 5.32 Å². The van der Waals surface area contributed by atoms with E-state index in [0.717, 1.165) is 25.2 Å². The molecule has 1 saturated carbocycles. The lowest BCUT2D eigenvalue weighted by Gasteiger charge is -2.28. The van der Waals surface area contributed by atoms with E-state index in [-0.39, 0.29) is 23.2 Å². The van der Waals surface area contributed by atoms with E-state index in [2.05, 4.69) is 12.2 Å². The van der Waals surface area contributed by atoms with Gasteiger partial charge in [0.15, 0.2) is 0 Å². The molecule has 1 aliphatic rings. The van der Waals surface area contributed by atoms with Gasteiger partial charge in [-0.05, 0) is 51.9 Å². The molecular formula is C16H30ClNO. The van der Waals surface area contributed by atoms with E-state index >= 15 is 0 Å². The fraction of sp³-hybridized carbons (Fsp3) is 0.938. The molecule has 0 bridgehead atoms. The van der Waals surface area contributed by atoms with Crippen LogP contribution in [-0.2, 0) is 4.79 Å². The Kier molecular flexibility index (Phi) is 7.82. The molecule has 1 amide bonds. The first kappa shape index (κ1) is 16.8. The first-order valence-electron chi connectivity index (χ1n) is 7.97. The summed E-state index contributed by atoms with van der Waals surface area (Å²) in [6, 6.07) is 0.192. The van der Waals surface area contributed by atoms with Gasteiger partial charge in [-0.1, -0.05) is 26.2 Å². The topological polar surface area (TPSA) is 29.1 Å². The SMILES string of the molecule is CCCCC1CCC(C(=O)NC(C)CC(C)Cl)CC1. The van der Waals surface area contributed by atoms with Crippen LogP contribution in [0.4, 0.5) is 0 Å². The van der Waals surface area contributed by atoms with Crippen molar-refractivity contribution in [3.63, 3.8) is 0 Å². The maximum Gasteiger partial charge on any atom is 0.223 e. The zero-order valence-electron chi connectivity index (χ0n) is 12.8. The number of carbonyl (C=O) groups is 1. The van der Waals surface area contributed by atoms with E-state index in [1.807, 2.05) is 13.8 Å². The number of hydrogen-bond acceptors (Lipinski definition) is 1. The molecule has 0 heterocycles. The van der Waals surface area contributed by atoms with Crippen LogP contribution >= 0.6 is 11.6 Å². The summed E-state index contributed by atoms with van der Waals surface area (Å²) in [6.07, 6.45) is 9.44. The molecule has 2 unspecified atom stereocenters. The lowest BCUT2D eigenvalue weighted by atomic mass is 9.79. The lowest BCUT2D eigenvalue weighted by Crippen LogP contribution is -2.39. The van der Waals surface area contributed by atoms with E-state index < -0.39 is 0 Å². The van der Waals surface area contributed by atoms with Gasteiger partial charge in [0.05, 0.1) is 0 Å². The molecule has 1 rings (SSSR count). The van der Waals surface area contributed by atoms with Crippen LogP contribution in [0.25, 0.3) is 0 Å². The van der Waals surface area contributed by atoms with Crippen LogP contribution < -0.4 is 5.32 Å². The smallest absolute Gasteiger partial charge is 0.223 e. The van der Waals surface area contributed by atoms with Gasteiger partial charge >= 0.3 is 0 Å². The fourth-order valence-electron chi connectivity index (χ4n) is 3.11. The average molecular weight is 288 g/mol. The van der Waals surface area contributed by atoms with E-state index in [4.69, 9.17) is 11.6 Å². The third-order valence-electron chi connectivity index (χ3n) is 4.25. The van der Waals surface area contributed by atoms with Gasteiger partial charge in [0, 0.05) is 17.3 Å². The van der Waals surface area contributed by atoms with Crippen molar-refractivity contribution in [3.8, 4) is 0 Å². The van der Waals surface area contributed by atoms with Gasteiger partial charge in [-0.2, -0.15) is 0 Å². The predicted molar refractivity (Wildman–Crippen MR) is 82.5 cm³/mol. The second-order valence-electron chi connectivity index (χ2n) is 6.29. The maximum atomic E-state index is 12.2. The molecule has 112 valence electrons. The summed E-state index contributed by atoms with van der Waals surface area (Å²) in [5.74, 6) is 1.36. The van der Waals surface area contributed by atoms with Crippen molar-refractivity contribution in [1.29, 1.82) is 0 Å². The van der Waals surface area contributed by atoms with Crippen LogP contribution in [0, 0.1) is 11.8 Å². The molecule has 0 saturated heterocycles. The Morgan fingerprint density at radius 1 is 1.26 bits per heavy atom. The highest BCUT2D eigenvalue weighted by molar-refractivity contribution is 6.20. The van der Waals surface area contributed by atoms with Gasteiger partial charge in [0.2, 0.25) is 5.91 Å². The molecule has 1 N–H and O–H groups in total. The number of halogens is 1. The molecule has 0 aromatic carbocycles. The Morgan fingerprint density at radius 2 is 1.89 bits per heavy atom. The number of hydrogen-bond donors (Lipinski definition) is 1. The molecule has 0 aromatic rings. The van der Waals surface area contributed by atoms with Crippen molar-refractivity contribution < 1.29 is 4.79 Å². The average Bonchev–Trinajstić information content (AvgIpc) is 2.35. The van der Waals surface area contributed by atoms with Crippen molar-refractivity contribution >= 4 is 17.5 Å². The van der Waals surface area contributed by atoms with Crippen molar-refractivity contribution in [3.05, 3.63) is 0 Å². The quantitative estimate of drug-likeness (QED) is 0.686. The minimum absolute atomic E-state index is 0.125. The van der Waals surface area contributed by atoms with Crippen LogP contribution in [0.5, 0.6) is 0 Å². The standard InChI is InChI=1S/C16H30ClNO/c1-4-5-6-14-7-9-15(10-8-14)16(19)18-13(3)11-12(2)17/h12-15H,4-11H2,1-3H3,(H,18,19). The van der Waals surface area contributed by atoms with Gasteiger partial charge < -0.3 is 5.32 Å². The molecule has 2 atom stereocenters. The van der Waals surface area contributed by atoms with Crippen LogP contribution in [0.2, 0.25) is 0 Å². The molecule has 0 radical (unpaired) electrons. The van der Waals surface area contributed by atoms with Gasteiger partial charge in [-0.15, -0.1) is 11.6 Å². The van der Waals surface area contributed by atoms with Crippen LogP contribution in [0.3, 0.4) is 0 Å². The molecule has 19 heavy (non-hydrogen) atoms. The van der Waals surface area contributed by atoms with Gasteiger partial charge in [-0.3, -0.25) is 4.79 Å². The Labute approximate surface area is 123 Å². The molecule has 0 spiro atoms. The molecule has 1 fully saturated rings. The highest BCUT2D eigenvalue weighted by Gasteiger charge is 2.26. The third-order valence-corrected chi connectivity index (χ3v) is 4.43. The van der Waals surface area contributed by atoms with E-state index in [0.29, 0.717) is 0 Å². The zero-order chi connectivity index (χ0) is 14.3. The first-order valence-corrected chi connectivity index (χ1v) is 8.41. The van der Waals surface area contributed by atoms with Gasteiger partial charge in [0.1, 0.15) is 0 Å². The van der Waals surface area contributed by atoms with Crippen molar-refractivity contribution in [2.24, 2.45) is 11.8 Å². The number of amides is 1. The molecule has 0 aromatic heterocycles. The molecule has 1 aliphatic carbocycles. The lowest BCUT2D eigenvalue weighted by molar-refractivity contribution is -0.126. The van der Waals surface area contributed by atoms with Gasteiger partial charge in [-0.25, -0.2) is 0 Å². The first-order chi connectivity index (χ1) is 9.02. The van der Waals surface area contributed by atoms with E-state index in [1.54, 1.807) is 0 Å². The zero-order valence-corrected chi connectivity index (χ0v) is 13.5. The Bertz CT molecular complexity index is 259. The summed E-state index contributed by atoms with van der Waals surface area (Å²) < 4.78 is 0. The number of alkyl halides is 1. The monoisotopic (exact) mass is 287 g/mol. The van der Waals surface area contributed by atoms with E-state index in [1.165, 1.54) is 32.1 Å². The second kappa shape index (κ2) is 8.84. The van der Waals surface area contributed by atoms with Crippen molar-refractivity contribution in [2.45, 2.75) is 83.6 Å². The highest BCUT2D eigenvalue weighted by atomic mass is 35.5. The third kappa shape index (κ3) is 6.65. The van der Waals surface area contributed by atoms with E-state index in [9.17, 15) is 4.79 Å². The maximum absolute atomic E-state index is 12.2. The Balaban J connectivity index is 2.24. The number of carbonyl (C=O) groups excluding carboxylic acids is 1. The molecule has 2 nitrogen and oxygen atoms in total.